The first-order valence-electron chi connectivity index (χ1n) is 6.97. The number of nitro benzene ring substituents is 1. The highest BCUT2D eigenvalue weighted by molar-refractivity contribution is 5.69. The van der Waals surface area contributed by atoms with Crippen LogP contribution in [0.1, 0.15) is 40.2 Å². The van der Waals surface area contributed by atoms with Crippen molar-refractivity contribution in [2.75, 3.05) is 0 Å². The summed E-state index contributed by atoms with van der Waals surface area (Å²) in [6.45, 7) is 8.79. The van der Waals surface area contributed by atoms with Crippen molar-refractivity contribution in [1.29, 1.82) is 0 Å². The summed E-state index contributed by atoms with van der Waals surface area (Å²) in [5, 5.41) is 13.6. The Morgan fingerprint density at radius 3 is 2.41 bits per heavy atom. The monoisotopic (exact) mass is 309 g/mol. The fourth-order valence-electron chi connectivity index (χ4n) is 1.87. The number of carbonyl (C=O) groups excluding carboxylic acids is 1. The molecule has 1 amide bonds. The van der Waals surface area contributed by atoms with Gasteiger partial charge in [0.2, 0.25) is 0 Å². The number of carbonyl (C=O) groups is 1. The van der Waals surface area contributed by atoms with Gasteiger partial charge in [0.05, 0.1) is 4.92 Å². The van der Waals surface area contributed by atoms with Gasteiger partial charge >= 0.3 is 6.09 Å². The normalized spacial score (nSPS) is 15.5. The molecule has 3 N–H and O–H groups in total. The summed E-state index contributed by atoms with van der Waals surface area (Å²) in [5.41, 5.74) is 4.72. The van der Waals surface area contributed by atoms with Crippen LogP contribution in [-0.2, 0) is 10.3 Å². The van der Waals surface area contributed by atoms with E-state index >= 15 is 0 Å². The van der Waals surface area contributed by atoms with Crippen LogP contribution in [0.4, 0.5) is 10.5 Å². The Balaban J connectivity index is 3.13. The number of amides is 1. The quantitative estimate of drug-likeness (QED) is 0.656. The Hall–Kier alpha value is -2.15. The van der Waals surface area contributed by atoms with Gasteiger partial charge in [-0.25, -0.2) is 4.79 Å². The second-order valence-corrected chi connectivity index (χ2v) is 6.47. The van der Waals surface area contributed by atoms with Gasteiger partial charge in [-0.1, -0.05) is 12.1 Å². The molecule has 2 unspecified atom stereocenters. The van der Waals surface area contributed by atoms with Crippen LogP contribution in [0.5, 0.6) is 0 Å². The first-order chi connectivity index (χ1) is 9.95. The van der Waals surface area contributed by atoms with E-state index in [-0.39, 0.29) is 5.69 Å². The number of rotatable bonds is 4. The lowest BCUT2D eigenvalue weighted by atomic mass is 9.89. The van der Waals surface area contributed by atoms with Gasteiger partial charge in [-0.05, 0) is 34.6 Å². The van der Waals surface area contributed by atoms with Crippen molar-refractivity contribution in [3.05, 3.63) is 39.9 Å². The molecule has 0 spiro atoms. The Labute approximate surface area is 130 Å². The van der Waals surface area contributed by atoms with Crippen LogP contribution in [-0.4, -0.2) is 22.6 Å². The molecule has 0 aromatic heterocycles. The summed E-state index contributed by atoms with van der Waals surface area (Å²) < 4.78 is 5.50. The molecular formula is C15H23N3O4. The molecule has 0 heterocycles. The van der Waals surface area contributed by atoms with Crippen molar-refractivity contribution in [3.8, 4) is 0 Å². The van der Waals surface area contributed by atoms with Crippen LogP contribution < -0.4 is 11.1 Å². The molecule has 0 aliphatic heterocycles. The lowest BCUT2D eigenvalue weighted by Crippen LogP contribution is -2.49. The van der Waals surface area contributed by atoms with Gasteiger partial charge in [0, 0.05) is 29.3 Å². The number of non-ortho nitro benzene ring substituents is 1. The molecule has 1 aromatic carbocycles. The summed E-state index contributed by atoms with van der Waals surface area (Å²) >= 11 is 0. The summed E-state index contributed by atoms with van der Waals surface area (Å²) in [4.78, 5) is 22.5. The second-order valence-electron chi connectivity index (χ2n) is 6.47. The van der Waals surface area contributed by atoms with Crippen molar-refractivity contribution < 1.29 is 14.5 Å². The summed E-state index contributed by atoms with van der Waals surface area (Å²) in [6, 6.07) is 5.38. The van der Waals surface area contributed by atoms with E-state index in [2.05, 4.69) is 5.32 Å². The SMILES string of the molecule is CC(N)C(C)(OC(=O)NC(C)(C)C)c1cccc([N+](=O)[O-])c1. The van der Waals surface area contributed by atoms with Gasteiger partial charge in [-0.15, -0.1) is 0 Å². The van der Waals surface area contributed by atoms with E-state index in [1.165, 1.54) is 12.1 Å². The molecule has 0 saturated carbocycles. The predicted octanol–water partition coefficient (Wildman–Crippen LogP) is 2.68. The predicted molar refractivity (Wildman–Crippen MR) is 83.5 cm³/mol. The molecule has 1 rings (SSSR count). The lowest BCUT2D eigenvalue weighted by molar-refractivity contribution is -0.385. The minimum absolute atomic E-state index is 0.0794. The standard InChI is InChI=1S/C15H23N3O4/c1-10(16)15(5,22-13(19)17-14(2,3)4)11-7-6-8-12(9-11)18(20)21/h6-10H,16H2,1-5H3,(H,17,19). The Morgan fingerprint density at radius 2 is 1.95 bits per heavy atom. The smallest absolute Gasteiger partial charge is 0.408 e. The number of alkyl carbamates (subject to hydrolysis) is 1. The van der Waals surface area contributed by atoms with E-state index < -0.39 is 28.2 Å². The maximum absolute atomic E-state index is 12.0. The fraction of sp³-hybridized carbons (Fsp3) is 0.533. The molecule has 0 bridgehead atoms. The first-order valence-corrected chi connectivity index (χ1v) is 6.97. The second kappa shape index (κ2) is 6.31. The van der Waals surface area contributed by atoms with Crippen molar-refractivity contribution >= 4 is 11.8 Å². The van der Waals surface area contributed by atoms with Crippen molar-refractivity contribution in [1.82, 2.24) is 5.32 Å². The van der Waals surface area contributed by atoms with E-state index in [0.29, 0.717) is 5.56 Å². The minimum Gasteiger partial charge on any atom is -0.437 e. The minimum atomic E-state index is -1.18. The van der Waals surface area contributed by atoms with Crippen LogP contribution in [0.15, 0.2) is 24.3 Å². The van der Waals surface area contributed by atoms with E-state index in [9.17, 15) is 14.9 Å². The third-order valence-corrected chi connectivity index (χ3v) is 3.28. The van der Waals surface area contributed by atoms with E-state index in [1.54, 1.807) is 26.0 Å². The molecule has 7 heteroatoms. The van der Waals surface area contributed by atoms with Crippen LogP contribution in [0, 0.1) is 10.1 Å². The molecule has 0 aliphatic rings. The van der Waals surface area contributed by atoms with Gasteiger partial charge in [-0.3, -0.25) is 10.1 Å². The van der Waals surface area contributed by atoms with Gasteiger partial charge in [0.15, 0.2) is 5.60 Å². The Morgan fingerprint density at radius 1 is 1.36 bits per heavy atom. The highest BCUT2D eigenvalue weighted by Crippen LogP contribution is 2.31. The molecule has 22 heavy (non-hydrogen) atoms. The van der Waals surface area contributed by atoms with Crippen molar-refractivity contribution in [2.45, 2.75) is 51.8 Å². The zero-order valence-electron chi connectivity index (χ0n) is 13.5. The maximum Gasteiger partial charge on any atom is 0.408 e. The van der Waals surface area contributed by atoms with E-state index in [1.807, 2.05) is 20.8 Å². The molecule has 1 aromatic rings. The maximum atomic E-state index is 12.0. The van der Waals surface area contributed by atoms with Crippen LogP contribution >= 0.6 is 0 Å². The average molecular weight is 309 g/mol. The molecule has 7 nitrogen and oxygen atoms in total. The number of nitrogens with zero attached hydrogens (tertiary/aromatic N) is 1. The fourth-order valence-corrected chi connectivity index (χ4v) is 1.87. The van der Waals surface area contributed by atoms with Crippen LogP contribution in [0.2, 0.25) is 0 Å². The van der Waals surface area contributed by atoms with E-state index in [4.69, 9.17) is 10.5 Å². The Bertz CT molecular complexity index is 566. The summed E-state index contributed by atoms with van der Waals surface area (Å²) in [6.07, 6.45) is -0.626. The van der Waals surface area contributed by atoms with Crippen molar-refractivity contribution in [3.63, 3.8) is 0 Å². The lowest BCUT2D eigenvalue weighted by Gasteiger charge is -2.34. The third kappa shape index (κ3) is 4.42. The molecule has 0 fully saturated rings. The topological polar surface area (TPSA) is 107 Å². The number of nitrogens with two attached hydrogens (primary N) is 1. The largest absolute Gasteiger partial charge is 0.437 e. The summed E-state index contributed by atoms with van der Waals surface area (Å²) in [7, 11) is 0. The highest BCUT2D eigenvalue weighted by Gasteiger charge is 2.37. The van der Waals surface area contributed by atoms with E-state index in [0.717, 1.165) is 0 Å². The van der Waals surface area contributed by atoms with Crippen LogP contribution in [0.3, 0.4) is 0 Å². The molecule has 0 saturated heterocycles. The molecule has 122 valence electrons. The number of benzene rings is 1. The first kappa shape index (κ1) is 17.9. The zero-order valence-corrected chi connectivity index (χ0v) is 13.5. The third-order valence-electron chi connectivity index (χ3n) is 3.28. The van der Waals surface area contributed by atoms with Gasteiger partial charge < -0.3 is 15.8 Å². The van der Waals surface area contributed by atoms with Gasteiger partial charge in [-0.2, -0.15) is 0 Å². The molecular weight excluding hydrogens is 286 g/mol. The average Bonchev–Trinajstić information content (AvgIpc) is 2.36. The Kier molecular flexibility index (Phi) is 5.13. The van der Waals surface area contributed by atoms with Gasteiger partial charge in [0.25, 0.3) is 5.69 Å². The number of ether oxygens (including phenoxy) is 1. The van der Waals surface area contributed by atoms with Gasteiger partial charge in [0.1, 0.15) is 0 Å². The van der Waals surface area contributed by atoms with Crippen molar-refractivity contribution in [2.24, 2.45) is 5.73 Å². The molecule has 2 atom stereocenters. The number of hydrogen-bond acceptors (Lipinski definition) is 5. The number of hydrogen-bond donors (Lipinski definition) is 2. The summed E-state index contributed by atoms with van der Waals surface area (Å²) in [5.74, 6) is 0. The number of nitrogens with one attached hydrogen (secondary N) is 1. The highest BCUT2D eigenvalue weighted by atomic mass is 16.6. The molecule has 0 aliphatic carbocycles. The number of nitro groups is 1. The zero-order chi connectivity index (χ0) is 17.1. The van der Waals surface area contributed by atoms with Crippen LogP contribution in [0.25, 0.3) is 0 Å². The molecule has 0 radical (unpaired) electrons.